The van der Waals surface area contributed by atoms with Crippen molar-refractivity contribution in [3.8, 4) is 0 Å². The van der Waals surface area contributed by atoms with Gasteiger partial charge in [-0.2, -0.15) is 5.21 Å². The van der Waals surface area contributed by atoms with E-state index < -0.39 is 0 Å². The van der Waals surface area contributed by atoms with Gasteiger partial charge in [-0.3, -0.25) is 4.79 Å². The van der Waals surface area contributed by atoms with E-state index in [9.17, 15) is 4.79 Å². The van der Waals surface area contributed by atoms with Gasteiger partial charge in [-0.25, -0.2) is 0 Å². The number of nitrogens with zero attached hydrogens (tertiary/aromatic N) is 3. The molecule has 88 valence electrons. The Balaban J connectivity index is 1.71. The van der Waals surface area contributed by atoms with Gasteiger partial charge in [0.2, 0.25) is 5.91 Å². The molecule has 2 aromatic rings. The maximum atomic E-state index is 11.5. The molecule has 7 heteroatoms. The van der Waals surface area contributed by atoms with E-state index in [1.807, 2.05) is 30.3 Å². The van der Waals surface area contributed by atoms with Gasteiger partial charge in [0.15, 0.2) is 5.82 Å². The van der Waals surface area contributed by atoms with E-state index in [0.29, 0.717) is 5.82 Å². The SMILES string of the molecule is O=C(CNc1ccccc1)NCc1nn[nH]n1. The Morgan fingerprint density at radius 3 is 2.82 bits per heavy atom. The van der Waals surface area contributed by atoms with Crippen LogP contribution >= 0.6 is 0 Å². The van der Waals surface area contributed by atoms with Gasteiger partial charge in [0.1, 0.15) is 0 Å². The molecule has 1 heterocycles. The number of nitrogens with one attached hydrogen (secondary N) is 3. The molecular formula is C10H12N6O. The Bertz CT molecular complexity index is 455. The Morgan fingerprint density at radius 2 is 2.12 bits per heavy atom. The van der Waals surface area contributed by atoms with Crippen LogP contribution in [0.2, 0.25) is 0 Å². The second-order valence-electron chi connectivity index (χ2n) is 3.32. The molecule has 0 fully saturated rings. The molecule has 1 amide bonds. The van der Waals surface area contributed by atoms with Crippen LogP contribution in [-0.4, -0.2) is 33.1 Å². The first kappa shape index (κ1) is 11.1. The van der Waals surface area contributed by atoms with Gasteiger partial charge >= 0.3 is 0 Å². The number of tetrazole rings is 1. The second-order valence-corrected chi connectivity index (χ2v) is 3.32. The summed E-state index contributed by atoms with van der Waals surface area (Å²) in [7, 11) is 0. The summed E-state index contributed by atoms with van der Waals surface area (Å²) in [4.78, 5) is 11.5. The molecule has 0 aliphatic heterocycles. The van der Waals surface area contributed by atoms with Gasteiger partial charge in [0, 0.05) is 5.69 Å². The van der Waals surface area contributed by atoms with Crippen LogP contribution in [0.25, 0.3) is 0 Å². The van der Waals surface area contributed by atoms with Crippen molar-refractivity contribution < 1.29 is 4.79 Å². The van der Waals surface area contributed by atoms with Crippen LogP contribution in [0.15, 0.2) is 30.3 Å². The molecule has 0 saturated heterocycles. The first-order chi connectivity index (χ1) is 8.34. The van der Waals surface area contributed by atoms with E-state index in [2.05, 4.69) is 31.3 Å². The summed E-state index contributed by atoms with van der Waals surface area (Å²) < 4.78 is 0. The van der Waals surface area contributed by atoms with Crippen molar-refractivity contribution in [1.29, 1.82) is 0 Å². The van der Waals surface area contributed by atoms with E-state index in [1.54, 1.807) is 0 Å². The molecule has 0 aliphatic rings. The monoisotopic (exact) mass is 232 g/mol. The average molecular weight is 232 g/mol. The first-order valence-electron chi connectivity index (χ1n) is 5.12. The van der Waals surface area contributed by atoms with Crippen LogP contribution in [0.5, 0.6) is 0 Å². The van der Waals surface area contributed by atoms with Gasteiger partial charge in [-0.05, 0) is 12.1 Å². The average Bonchev–Trinajstić information content (AvgIpc) is 2.88. The van der Waals surface area contributed by atoms with E-state index in [1.165, 1.54) is 0 Å². The van der Waals surface area contributed by atoms with Crippen molar-refractivity contribution >= 4 is 11.6 Å². The molecule has 2 rings (SSSR count). The maximum Gasteiger partial charge on any atom is 0.239 e. The molecule has 0 spiro atoms. The molecular weight excluding hydrogens is 220 g/mol. The largest absolute Gasteiger partial charge is 0.376 e. The first-order valence-corrected chi connectivity index (χ1v) is 5.12. The number of anilines is 1. The summed E-state index contributed by atoms with van der Waals surface area (Å²) in [5, 5.41) is 18.8. The van der Waals surface area contributed by atoms with Crippen molar-refractivity contribution in [2.24, 2.45) is 0 Å². The van der Waals surface area contributed by atoms with Crippen LogP contribution in [0, 0.1) is 0 Å². The van der Waals surface area contributed by atoms with E-state index in [4.69, 9.17) is 0 Å². The summed E-state index contributed by atoms with van der Waals surface area (Å²) in [6.07, 6.45) is 0. The molecule has 0 bridgehead atoms. The number of hydrogen-bond donors (Lipinski definition) is 3. The van der Waals surface area contributed by atoms with Crippen LogP contribution in [-0.2, 0) is 11.3 Å². The minimum atomic E-state index is -0.126. The molecule has 0 aliphatic carbocycles. The molecule has 0 atom stereocenters. The second kappa shape index (κ2) is 5.59. The normalized spacial score (nSPS) is 9.88. The molecule has 0 radical (unpaired) electrons. The predicted octanol–water partition coefficient (Wildman–Crippen LogP) is -0.0720. The van der Waals surface area contributed by atoms with Crippen molar-refractivity contribution in [3.05, 3.63) is 36.2 Å². The summed E-state index contributed by atoms with van der Waals surface area (Å²) in [6, 6.07) is 9.51. The van der Waals surface area contributed by atoms with Gasteiger partial charge in [-0.1, -0.05) is 23.4 Å². The fraction of sp³-hybridized carbons (Fsp3) is 0.200. The minimum absolute atomic E-state index is 0.126. The number of amides is 1. The van der Waals surface area contributed by atoms with Crippen molar-refractivity contribution in [2.45, 2.75) is 6.54 Å². The van der Waals surface area contributed by atoms with Crippen molar-refractivity contribution in [2.75, 3.05) is 11.9 Å². The number of carbonyl (C=O) groups is 1. The number of H-pyrrole nitrogens is 1. The lowest BCUT2D eigenvalue weighted by atomic mass is 10.3. The van der Waals surface area contributed by atoms with Gasteiger partial charge in [0.05, 0.1) is 13.1 Å². The fourth-order valence-corrected chi connectivity index (χ4v) is 1.24. The van der Waals surface area contributed by atoms with Gasteiger partial charge in [0.25, 0.3) is 0 Å². The lowest BCUT2D eigenvalue weighted by Crippen LogP contribution is -2.29. The summed E-state index contributed by atoms with van der Waals surface area (Å²) in [6.45, 7) is 0.480. The number of carbonyl (C=O) groups excluding carboxylic acids is 1. The summed E-state index contributed by atoms with van der Waals surface area (Å²) >= 11 is 0. The molecule has 17 heavy (non-hydrogen) atoms. The molecule has 3 N–H and O–H groups in total. The standard InChI is InChI=1S/C10H12N6O/c17-10(12-6-9-13-15-16-14-9)7-11-8-4-2-1-3-5-8/h1-5,11H,6-7H2,(H,12,17)(H,13,14,15,16). The number of hydrogen-bond acceptors (Lipinski definition) is 5. The molecule has 0 saturated carbocycles. The zero-order chi connectivity index (χ0) is 11.9. The highest BCUT2D eigenvalue weighted by Gasteiger charge is 2.03. The van der Waals surface area contributed by atoms with E-state index in [0.717, 1.165) is 5.69 Å². The molecule has 1 aromatic heterocycles. The third kappa shape index (κ3) is 3.56. The lowest BCUT2D eigenvalue weighted by molar-refractivity contribution is -0.119. The minimum Gasteiger partial charge on any atom is -0.376 e. The lowest BCUT2D eigenvalue weighted by Gasteiger charge is -2.05. The van der Waals surface area contributed by atoms with Gasteiger partial charge in [-0.15, -0.1) is 10.2 Å². The summed E-state index contributed by atoms with van der Waals surface area (Å²) in [5.41, 5.74) is 0.905. The van der Waals surface area contributed by atoms with Crippen LogP contribution in [0.3, 0.4) is 0 Å². The number of aromatic amines is 1. The number of rotatable bonds is 5. The zero-order valence-electron chi connectivity index (χ0n) is 9.05. The fourth-order valence-electron chi connectivity index (χ4n) is 1.24. The smallest absolute Gasteiger partial charge is 0.239 e. The highest BCUT2D eigenvalue weighted by Crippen LogP contribution is 2.03. The summed E-state index contributed by atoms with van der Waals surface area (Å²) in [5.74, 6) is 0.330. The number of para-hydroxylation sites is 1. The third-order valence-corrected chi connectivity index (χ3v) is 2.06. The van der Waals surface area contributed by atoms with E-state index >= 15 is 0 Å². The van der Waals surface area contributed by atoms with Crippen LogP contribution in [0.4, 0.5) is 5.69 Å². The predicted molar refractivity (Wildman–Crippen MR) is 61.0 cm³/mol. The Labute approximate surface area is 97.6 Å². The maximum absolute atomic E-state index is 11.5. The molecule has 1 aromatic carbocycles. The van der Waals surface area contributed by atoms with Crippen molar-refractivity contribution in [1.82, 2.24) is 25.9 Å². The Hall–Kier alpha value is -2.44. The highest BCUT2D eigenvalue weighted by atomic mass is 16.1. The van der Waals surface area contributed by atoms with Crippen molar-refractivity contribution in [3.63, 3.8) is 0 Å². The quantitative estimate of drug-likeness (QED) is 0.670. The van der Waals surface area contributed by atoms with Gasteiger partial charge < -0.3 is 10.6 Å². The third-order valence-electron chi connectivity index (χ3n) is 2.06. The van der Waals surface area contributed by atoms with Crippen LogP contribution in [0.1, 0.15) is 5.82 Å². The Kier molecular flexibility index (Phi) is 3.64. The molecule has 7 nitrogen and oxygen atoms in total. The topological polar surface area (TPSA) is 95.6 Å². The number of aromatic nitrogens is 4. The number of benzene rings is 1. The molecule has 0 unspecified atom stereocenters. The van der Waals surface area contributed by atoms with E-state index in [-0.39, 0.29) is 19.0 Å². The zero-order valence-corrected chi connectivity index (χ0v) is 9.05. The Morgan fingerprint density at radius 1 is 1.29 bits per heavy atom. The van der Waals surface area contributed by atoms with Crippen LogP contribution < -0.4 is 10.6 Å². The highest BCUT2D eigenvalue weighted by molar-refractivity contribution is 5.80.